The van der Waals surface area contributed by atoms with Crippen LogP contribution >= 0.6 is 0 Å². The van der Waals surface area contributed by atoms with Crippen molar-refractivity contribution < 1.29 is 41.8 Å². The van der Waals surface area contributed by atoms with Crippen LogP contribution in [0.15, 0.2) is 28.9 Å². The third kappa shape index (κ3) is 11.6. The molecule has 0 saturated heterocycles. The van der Waals surface area contributed by atoms with E-state index in [0.29, 0.717) is 0 Å². The summed E-state index contributed by atoms with van der Waals surface area (Å²) in [7, 11) is 1.50. The topological polar surface area (TPSA) is 83.4 Å². The standard InChI is InChI=1S/C10H15.C4H6O2.2CH3O.Ti/c1-7-6-10(4,5)9(3)8(7)2;1-3(2)4(5)6;2*1-2;/h1-5H3;1H2,2H3,(H,5,6);2*1H3;/q-1;;2*-1;+3. The Bertz CT molecular complexity index is 368. The molecule has 0 aromatic heterocycles. The zero-order valence-electron chi connectivity index (χ0n) is 14.4. The predicted molar refractivity (Wildman–Crippen MR) is 78.9 cm³/mol. The number of allylic oxidation sites excluding steroid dienone is 4. The maximum Gasteiger partial charge on any atom is 3.00 e. The second-order valence-corrected chi connectivity index (χ2v) is 4.71. The van der Waals surface area contributed by atoms with Gasteiger partial charge >= 0.3 is 27.7 Å². The zero-order chi connectivity index (χ0) is 17.1. The summed E-state index contributed by atoms with van der Waals surface area (Å²) in [4.78, 5) is 9.60. The monoisotopic (exact) mass is 331 g/mol. The van der Waals surface area contributed by atoms with Gasteiger partial charge in [0.1, 0.15) is 0 Å². The number of aliphatic carboxylic acids is 1. The Morgan fingerprint density at radius 1 is 1.14 bits per heavy atom. The predicted octanol–water partition coefficient (Wildman–Crippen LogP) is 1.71. The van der Waals surface area contributed by atoms with E-state index in [1.807, 2.05) is 0 Å². The van der Waals surface area contributed by atoms with Crippen LogP contribution in [0, 0.1) is 11.5 Å². The van der Waals surface area contributed by atoms with Crippen molar-refractivity contribution in [2.45, 2.75) is 41.5 Å². The van der Waals surface area contributed by atoms with Crippen molar-refractivity contribution in [1.82, 2.24) is 0 Å². The first-order valence-corrected chi connectivity index (χ1v) is 6.10. The third-order valence-corrected chi connectivity index (χ3v) is 2.93. The molecule has 0 unspecified atom stereocenters. The fourth-order valence-corrected chi connectivity index (χ4v) is 1.41. The van der Waals surface area contributed by atoms with Crippen LogP contribution in [0.2, 0.25) is 0 Å². The molecule has 1 N–H and O–H groups in total. The summed E-state index contributed by atoms with van der Waals surface area (Å²) in [5.74, 6) is -0.935. The zero-order valence-corrected chi connectivity index (χ0v) is 15.9. The second kappa shape index (κ2) is 14.3. The van der Waals surface area contributed by atoms with Crippen molar-refractivity contribution >= 4 is 5.97 Å². The van der Waals surface area contributed by atoms with Gasteiger partial charge in [0.05, 0.1) is 0 Å². The van der Waals surface area contributed by atoms with Gasteiger partial charge in [-0.1, -0.05) is 39.7 Å². The number of hydrogen-bond donors (Lipinski definition) is 1. The summed E-state index contributed by atoms with van der Waals surface area (Å²) in [6.07, 6.45) is 3.44. The first-order chi connectivity index (χ1) is 9.09. The van der Waals surface area contributed by atoms with Crippen molar-refractivity contribution in [1.29, 1.82) is 0 Å². The molecule has 0 fully saturated rings. The molecule has 0 amide bonds. The van der Waals surface area contributed by atoms with E-state index in [1.54, 1.807) is 0 Å². The number of rotatable bonds is 1. The van der Waals surface area contributed by atoms with Crippen LogP contribution < -0.4 is 10.2 Å². The maximum absolute atomic E-state index is 9.60. The molecule has 1 aliphatic rings. The Hall–Kier alpha value is -0.676. The minimum atomic E-state index is -0.935. The number of carboxylic acid groups (broad SMARTS) is 1. The summed E-state index contributed by atoms with van der Waals surface area (Å²) in [6.45, 7) is 15.5. The van der Waals surface area contributed by atoms with Gasteiger partial charge in [0.15, 0.2) is 0 Å². The second-order valence-electron chi connectivity index (χ2n) is 4.71. The quantitative estimate of drug-likeness (QED) is 0.450. The summed E-state index contributed by atoms with van der Waals surface area (Å²) < 4.78 is 0. The Morgan fingerprint density at radius 2 is 1.43 bits per heavy atom. The van der Waals surface area contributed by atoms with E-state index < -0.39 is 5.97 Å². The summed E-state index contributed by atoms with van der Waals surface area (Å²) in [5.41, 5.74) is 4.57. The fraction of sp³-hybridized carbons (Fsp3) is 0.562. The molecular formula is C16H27O4Ti. The van der Waals surface area contributed by atoms with Crippen LogP contribution in [0.3, 0.4) is 0 Å². The van der Waals surface area contributed by atoms with E-state index in [0.717, 1.165) is 14.2 Å². The van der Waals surface area contributed by atoms with Crippen LogP contribution in [-0.2, 0) is 26.5 Å². The molecule has 0 saturated carbocycles. The van der Waals surface area contributed by atoms with Gasteiger partial charge in [0.25, 0.3) is 0 Å². The summed E-state index contributed by atoms with van der Waals surface area (Å²) in [5, 5.41) is 24.4. The van der Waals surface area contributed by atoms with E-state index in [1.165, 1.54) is 23.6 Å². The van der Waals surface area contributed by atoms with Gasteiger partial charge in [-0.25, -0.2) is 10.4 Å². The molecule has 4 nitrogen and oxygen atoms in total. The van der Waals surface area contributed by atoms with Crippen molar-refractivity contribution in [3.05, 3.63) is 34.9 Å². The fourth-order valence-electron chi connectivity index (χ4n) is 1.41. The number of carboxylic acids is 1. The molecular weight excluding hydrogens is 304 g/mol. The molecule has 0 heterocycles. The van der Waals surface area contributed by atoms with Crippen molar-refractivity contribution in [3.63, 3.8) is 0 Å². The van der Waals surface area contributed by atoms with Crippen molar-refractivity contribution in [2.24, 2.45) is 5.41 Å². The molecule has 0 aromatic carbocycles. The largest absolute Gasteiger partial charge is 3.00 e. The van der Waals surface area contributed by atoms with Crippen LogP contribution in [0.4, 0.5) is 0 Å². The minimum absolute atomic E-state index is 0. The van der Waals surface area contributed by atoms with Gasteiger partial charge in [-0.15, -0.1) is 6.92 Å². The van der Waals surface area contributed by atoms with Crippen LogP contribution in [-0.4, -0.2) is 25.3 Å². The van der Waals surface area contributed by atoms with E-state index in [9.17, 15) is 4.79 Å². The molecule has 21 heavy (non-hydrogen) atoms. The molecule has 5 heteroatoms. The minimum Gasteiger partial charge on any atom is -0.857 e. The van der Waals surface area contributed by atoms with Gasteiger partial charge in [-0.3, -0.25) is 6.08 Å². The normalized spacial score (nSPS) is 13.9. The first-order valence-electron chi connectivity index (χ1n) is 6.10. The Morgan fingerprint density at radius 3 is 1.48 bits per heavy atom. The molecule has 1 rings (SSSR count). The molecule has 1 aliphatic carbocycles. The SMILES string of the molecule is C=C(C)C(=O)O.CC1=[C-]C(C)(C)C(C)=C1C.C[O-].C[O-].[Ti+3]. The first kappa shape index (κ1) is 28.5. The van der Waals surface area contributed by atoms with Gasteiger partial charge < -0.3 is 15.3 Å². The summed E-state index contributed by atoms with van der Waals surface area (Å²) >= 11 is 0. The van der Waals surface area contributed by atoms with Gasteiger partial charge in [0, 0.05) is 5.57 Å². The Labute approximate surface area is 144 Å². The molecule has 0 spiro atoms. The Kier molecular flexibility index (Phi) is 19.4. The molecule has 0 atom stereocenters. The van der Waals surface area contributed by atoms with Gasteiger partial charge in [-0.2, -0.15) is 25.4 Å². The number of hydrogen-bond acceptors (Lipinski definition) is 3. The average molecular weight is 331 g/mol. The molecule has 119 valence electrons. The van der Waals surface area contributed by atoms with E-state index >= 15 is 0 Å². The van der Waals surface area contributed by atoms with E-state index in [4.69, 9.17) is 15.3 Å². The smallest absolute Gasteiger partial charge is 0.857 e. The molecule has 0 aromatic rings. The van der Waals surface area contributed by atoms with Crippen LogP contribution in [0.1, 0.15) is 41.5 Å². The van der Waals surface area contributed by atoms with Gasteiger partial charge in [-0.05, 0) is 6.92 Å². The molecule has 0 bridgehead atoms. The Balaban J connectivity index is -0.000000115. The van der Waals surface area contributed by atoms with E-state index in [2.05, 4.69) is 47.3 Å². The third-order valence-electron chi connectivity index (χ3n) is 2.93. The van der Waals surface area contributed by atoms with Crippen LogP contribution in [0.25, 0.3) is 0 Å². The van der Waals surface area contributed by atoms with Crippen molar-refractivity contribution in [2.75, 3.05) is 14.2 Å². The van der Waals surface area contributed by atoms with Crippen molar-refractivity contribution in [3.8, 4) is 0 Å². The number of carbonyl (C=O) groups is 1. The van der Waals surface area contributed by atoms with Crippen LogP contribution in [0.5, 0.6) is 0 Å². The maximum atomic E-state index is 9.60. The van der Waals surface area contributed by atoms with E-state index in [-0.39, 0.29) is 32.7 Å². The van der Waals surface area contributed by atoms with Gasteiger partial charge in [0.2, 0.25) is 0 Å². The molecule has 1 radical (unpaired) electrons. The molecule has 0 aliphatic heterocycles. The average Bonchev–Trinajstić information content (AvgIpc) is 2.57. The summed E-state index contributed by atoms with van der Waals surface area (Å²) in [6, 6.07) is 0.